The van der Waals surface area contributed by atoms with Gasteiger partial charge in [-0.05, 0) is 62.1 Å². The molecule has 1 aliphatic rings. The van der Waals surface area contributed by atoms with E-state index in [2.05, 4.69) is 0 Å². The highest BCUT2D eigenvalue weighted by atomic mass is 35.5. The summed E-state index contributed by atoms with van der Waals surface area (Å²) >= 11 is 12.4. The third-order valence-corrected chi connectivity index (χ3v) is 9.15. The van der Waals surface area contributed by atoms with Crippen LogP contribution >= 0.6 is 23.2 Å². The summed E-state index contributed by atoms with van der Waals surface area (Å²) in [6, 6.07) is 20.7. The molecule has 1 amide bonds. The Morgan fingerprint density at radius 2 is 1.65 bits per heavy atom. The molecule has 6 nitrogen and oxygen atoms in total. The van der Waals surface area contributed by atoms with E-state index in [1.807, 2.05) is 43.3 Å². The molecule has 0 aromatic heterocycles. The fraction of sp³-hybridized carbons (Fsp3) is 0.321. The van der Waals surface area contributed by atoms with Crippen molar-refractivity contribution in [2.75, 3.05) is 26.2 Å². The Kier molecular flexibility index (Phi) is 9.13. The predicted molar refractivity (Wildman–Crippen MR) is 147 cm³/mol. The summed E-state index contributed by atoms with van der Waals surface area (Å²) in [7, 11) is -3.99. The summed E-state index contributed by atoms with van der Waals surface area (Å²) in [6.07, 6.45) is 1.66. The second-order valence-electron chi connectivity index (χ2n) is 8.93. The summed E-state index contributed by atoms with van der Waals surface area (Å²) in [5, 5.41) is 0.439. The molecule has 196 valence electrons. The fourth-order valence-corrected chi connectivity index (χ4v) is 6.94. The number of carbonyl (C=O) groups excluding carboxylic acids is 1. The van der Waals surface area contributed by atoms with Gasteiger partial charge in [0.25, 0.3) is 5.91 Å². The van der Waals surface area contributed by atoms with E-state index >= 15 is 0 Å². The first-order valence-electron chi connectivity index (χ1n) is 12.3. The normalized spacial score (nSPS) is 17.9. The minimum atomic E-state index is -3.99. The molecule has 9 heteroatoms. The summed E-state index contributed by atoms with van der Waals surface area (Å²) < 4.78 is 35.8. The van der Waals surface area contributed by atoms with Gasteiger partial charge in [0.2, 0.25) is 10.0 Å². The molecular weight excluding hydrogens is 531 g/mol. The van der Waals surface area contributed by atoms with Crippen LogP contribution in [0.3, 0.4) is 0 Å². The van der Waals surface area contributed by atoms with Gasteiger partial charge in [0, 0.05) is 24.7 Å². The van der Waals surface area contributed by atoms with Crippen LogP contribution in [-0.4, -0.2) is 55.8 Å². The van der Waals surface area contributed by atoms with Crippen molar-refractivity contribution in [2.45, 2.75) is 37.1 Å². The Labute approximate surface area is 228 Å². The van der Waals surface area contributed by atoms with Crippen LogP contribution in [-0.2, 0) is 16.4 Å². The van der Waals surface area contributed by atoms with Crippen LogP contribution in [0, 0.1) is 0 Å². The number of halogens is 2. The van der Waals surface area contributed by atoms with Gasteiger partial charge in [-0.1, -0.05) is 65.7 Å². The lowest BCUT2D eigenvalue weighted by molar-refractivity contribution is 0.0750. The quantitative estimate of drug-likeness (QED) is 0.387. The van der Waals surface area contributed by atoms with Gasteiger partial charge < -0.3 is 9.64 Å². The summed E-state index contributed by atoms with van der Waals surface area (Å²) in [6.45, 7) is 3.32. The van der Waals surface area contributed by atoms with E-state index < -0.39 is 16.1 Å². The minimum Gasteiger partial charge on any atom is -0.491 e. The zero-order chi connectivity index (χ0) is 26.4. The first-order chi connectivity index (χ1) is 17.8. The van der Waals surface area contributed by atoms with E-state index in [9.17, 15) is 13.2 Å². The van der Waals surface area contributed by atoms with Gasteiger partial charge in [-0.15, -0.1) is 0 Å². The number of amides is 1. The van der Waals surface area contributed by atoms with E-state index in [-0.39, 0.29) is 29.0 Å². The van der Waals surface area contributed by atoms with Gasteiger partial charge in [0.15, 0.2) is 0 Å². The standard InChI is InChI=1S/C28H30Cl2N2O4S/c1-2-31-16-8-9-17-32(37(34,35)27-15-14-22(29)19-25(27)30)23(18-21-10-4-3-5-11-21)20-36-26-13-7-6-12-24(26)28(31)33/h3-7,10-15,19,23H,2,8-9,16-18,20H2,1H3/t23-/m0/s1. The summed E-state index contributed by atoms with van der Waals surface area (Å²) in [4.78, 5) is 15.0. The molecule has 3 aromatic carbocycles. The van der Waals surface area contributed by atoms with Crippen LogP contribution in [0.1, 0.15) is 35.7 Å². The smallest absolute Gasteiger partial charge is 0.257 e. The molecule has 1 aliphatic heterocycles. The number of ether oxygens (including phenoxy) is 1. The molecule has 0 saturated carbocycles. The van der Waals surface area contributed by atoms with Crippen molar-refractivity contribution in [3.05, 3.63) is 94.0 Å². The van der Waals surface area contributed by atoms with E-state index in [4.69, 9.17) is 27.9 Å². The van der Waals surface area contributed by atoms with Crippen molar-refractivity contribution in [3.63, 3.8) is 0 Å². The summed E-state index contributed by atoms with van der Waals surface area (Å²) in [5.74, 6) is 0.349. The molecule has 1 atom stereocenters. The average molecular weight is 562 g/mol. The van der Waals surface area contributed by atoms with Crippen LogP contribution in [0.4, 0.5) is 0 Å². The van der Waals surface area contributed by atoms with Gasteiger partial charge in [0.05, 0.1) is 16.6 Å². The molecule has 3 aromatic rings. The molecule has 37 heavy (non-hydrogen) atoms. The van der Waals surface area contributed by atoms with Crippen molar-refractivity contribution in [3.8, 4) is 5.75 Å². The van der Waals surface area contributed by atoms with Gasteiger partial charge in [-0.3, -0.25) is 4.79 Å². The van der Waals surface area contributed by atoms with Gasteiger partial charge in [-0.2, -0.15) is 4.31 Å². The Morgan fingerprint density at radius 1 is 0.946 bits per heavy atom. The Morgan fingerprint density at radius 3 is 2.38 bits per heavy atom. The third kappa shape index (κ3) is 6.47. The Balaban J connectivity index is 1.77. The van der Waals surface area contributed by atoms with E-state index in [0.29, 0.717) is 48.7 Å². The van der Waals surface area contributed by atoms with Crippen molar-refractivity contribution >= 4 is 39.1 Å². The van der Waals surface area contributed by atoms with E-state index in [1.54, 1.807) is 23.1 Å². The highest BCUT2D eigenvalue weighted by Crippen LogP contribution is 2.30. The number of para-hydroxylation sites is 1. The molecule has 4 rings (SSSR count). The molecule has 0 N–H and O–H groups in total. The van der Waals surface area contributed by atoms with Gasteiger partial charge in [-0.25, -0.2) is 8.42 Å². The monoisotopic (exact) mass is 560 g/mol. The van der Waals surface area contributed by atoms with Crippen LogP contribution in [0.25, 0.3) is 0 Å². The number of benzene rings is 3. The Bertz CT molecular complexity index is 1340. The van der Waals surface area contributed by atoms with Crippen LogP contribution in [0.15, 0.2) is 77.7 Å². The molecule has 0 fully saturated rings. The van der Waals surface area contributed by atoms with Crippen LogP contribution in [0.5, 0.6) is 5.75 Å². The number of nitrogens with zero attached hydrogens (tertiary/aromatic N) is 2. The predicted octanol–water partition coefficient (Wildman–Crippen LogP) is 5.93. The topological polar surface area (TPSA) is 66.9 Å². The lowest BCUT2D eigenvalue weighted by Gasteiger charge is -2.33. The largest absolute Gasteiger partial charge is 0.491 e. The maximum Gasteiger partial charge on any atom is 0.257 e. The van der Waals surface area contributed by atoms with Crippen molar-refractivity contribution < 1.29 is 17.9 Å². The number of rotatable bonds is 5. The van der Waals surface area contributed by atoms with Gasteiger partial charge in [0.1, 0.15) is 17.3 Å². The van der Waals surface area contributed by atoms with E-state index in [1.165, 1.54) is 22.5 Å². The first kappa shape index (κ1) is 27.5. The molecule has 0 unspecified atom stereocenters. The molecule has 0 radical (unpaired) electrons. The second kappa shape index (κ2) is 12.3. The first-order valence-corrected chi connectivity index (χ1v) is 14.5. The fourth-order valence-electron chi connectivity index (χ4n) is 4.54. The molecule has 1 heterocycles. The SMILES string of the molecule is CCN1CCCCN(S(=O)(=O)c2ccc(Cl)cc2Cl)[C@@H](Cc2ccccc2)COc2ccccc2C1=O. The number of fused-ring (bicyclic) bond motifs is 1. The average Bonchev–Trinajstić information content (AvgIpc) is 2.88. The lowest BCUT2D eigenvalue weighted by atomic mass is 10.1. The zero-order valence-corrected chi connectivity index (χ0v) is 23.0. The van der Waals surface area contributed by atoms with Crippen molar-refractivity contribution in [1.29, 1.82) is 0 Å². The maximum atomic E-state index is 14.0. The number of hydrogen-bond donors (Lipinski definition) is 0. The third-order valence-electron chi connectivity index (χ3n) is 6.48. The van der Waals surface area contributed by atoms with Gasteiger partial charge >= 0.3 is 0 Å². The van der Waals surface area contributed by atoms with E-state index in [0.717, 1.165) is 5.56 Å². The maximum absolute atomic E-state index is 14.0. The van der Waals surface area contributed by atoms with Crippen LogP contribution in [0.2, 0.25) is 10.0 Å². The highest BCUT2D eigenvalue weighted by Gasteiger charge is 2.34. The summed E-state index contributed by atoms with van der Waals surface area (Å²) in [5.41, 5.74) is 1.45. The number of sulfonamides is 1. The number of hydrogen-bond acceptors (Lipinski definition) is 4. The molecule has 0 spiro atoms. The van der Waals surface area contributed by atoms with Crippen molar-refractivity contribution in [2.24, 2.45) is 0 Å². The molecule has 0 aliphatic carbocycles. The Hall–Kier alpha value is -2.58. The molecular formula is C28H30Cl2N2O4S. The highest BCUT2D eigenvalue weighted by molar-refractivity contribution is 7.89. The van der Waals surface area contributed by atoms with Crippen LogP contribution < -0.4 is 4.74 Å². The lowest BCUT2D eigenvalue weighted by Crippen LogP contribution is -2.46. The molecule has 0 bridgehead atoms. The minimum absolute atomic E-state index is 0.00878. The number of carbonyl (C=O) groups is 1. The van der Waals surface area contributed by atoms with Crippen molar-refractivity contribution in [1.82, 2.24) is 9.21 Å². The zero-order valence-electron chi connectivity index (χ0n) is 20.6. The second-order valence-corrected chi connectivity index (χ2v) is 11.6. The molecule has 0 saturated heterocycles.